The molecule has 0 spiro atoms. The van der Waals surface area contributed by atoms with Gasteiger partial charge in [-0.1, -0.05) is 22.9 Å². The zero-order chi connectivity index (χ0) is 13.9. The van der Waals surface area contributed by atoms with Crippen LogP contribution in [-0.2, 0) is 4.79 Å². The molecule has 0 aliphatic rings. The Hall–Kier alpha value is -0.230. The predicted molar refractivity (Wildman–Crippen MR) is 92.9 cm³/mol. The van der Waals surface area contributed by atoms with Crippen LogP contribution in [-0.4, -0.2) is 31.3 Å². The van der Waals surface area contributed by atoms with E-state index in [1.54, 1.807) is 11.8 Å². The Morgan fingerprint density at radius 1 is 1.25 bits per heavy atom. The number of halogens is 2. The van der Waals surface area contributed by atoms with Crippen molar-refractivity contribution in [2.75, 3.05) is 25.4 Å². The van der Waals surface area contributed by atoms with E-state index in [1.165, 1.54) is 4.90 Å². The number of nitrogens with one attached hydrogen (secondary N) is 2. The second-order valence-corrected chi connectivity index (χ2v) is 6.19. The summed E-state index contributed by atoms with van der Waals surface area (Å²) in [6, 6.07) is 8.25. The number of carbonyl (C=O) groups is 1. The summed E-state index contributed by atoms with van der Waals surface area (Å²) in [6.45, 7) is 4.56. The summed E-state index contributed by atoms with van der Waals surface area (Å²) in [7, 11) is 0. The normalized spacial score (nSPS) is 9.90. The van der Waals surface area contributed by atoms with Crippen LogP contribution in [0.1, 0.15) is 19.8 Å². The van der Waals surface area contributed by atoms with Crippen molar-refractivity contribution in [1.29, 1.82) is 0 Å². The fourth-order valence-electron chi connectivity index (χ4n) is 1.51. The second-order valence-electron chi connectivity index (χ2n) is 4.11. The van der Waals surface area contributed by atoms with Gasteiger partial charge in [-0.2, -0.15) is 0 Å². The van der Waals surface area contributed by atoms with Gasteiger partial charge in [0.1, 0.15) is 0 Å². The molecular formula is C14H22BrClN2OS. The molecule has 114 valence electrons. The summed E-state index contributed by atoms with van der Waals surface area (Å²) in [5, 5.41) is 6.08. The van der Waals surface area contributed by atoms with Crippen LogP contribution in [0.4, 0.5) is 0 Å². The molecule has 1 aromatic rings. The lowest BCUT2D eigenvalue weighted by Crippen LogP contribution is -2.31. The van der Waals surface area contributed by atoms with E-state index in [2.05, 4.69) is 45.6 Å². The van der Waals surface area contributed by atoms with Gasteiger partial charge in [0.2, 0.25) is 5.91 Å². The molecule has 0 radical (unpaired) electrons. The van der Waals surface area contributed by atoms with Crippen LogP contribution in [0.2, 0.25) is 0 Å². The van der Waals surface area contributed by atoms with Crippen molar-refractivity contribution in [3.05, 3.63) is 28.7 Å². The Balaban J connectivity index is 0.00000361. The maximum Gasteiger partial charge on any atom is 0.220 e. The Kier molecular flexibility index (Phi) is 12.4. The highest BCUT2D eigenvalue weighted by Crippen LogP contribution is 2.21. The fourth-order valence-corrected chi connectivity index (χ4v) is 2.63. The van der Waals surface area contributed by atoms with Crippen molar-refractivity contribution in [1.82, 2.24) is 10.6 Å². The van der Waals surface area contributed by atoms with E-state index in [0.29, 0.717) is 13.0 Å². The number of carbonyl (C=O) groups excluding carboxylic acids is 1. The highest BCUT2D eigenvalue weighted by atomic mass is 79.9. The summed E-state index contributed by atoms with van der Waals surface area (Å²) in [5.41, 5.74) is 0. The van der Waals surface area contributed by atoms with Gasteiger partial charge in [-0.25, -0.2) is 0 Å². The highest BCUT2D eigenvalue weighted by Gasteiger charge is 2.00. The fraction of sp³-hybridized carbons (Fsp3) is 0.500. The third-order valence-electron chi connectivity index (χ3n) is 2.50. The molecule has 0 heterocycles. The monoisotopic (exact) mass is 380 g/mol. The van der Waals surface area contributed by atoms with Crippen LogP contribution in [0.15, 0.2) is 33.6 Å². The van der Waals surface area contributed by atoms with Crippen molar-refractivity contribution >= 4 is 46.0 Å². The molecule has 1 amide bonds. The van der Waals surface area contributed by atoms with E-state index in [1.807, 2.05) is 12.1 Å². The van der Waals surface area contributed by atoms with Crippen molar-refractivity contribution in [3.63, 3.8) is 0 Å². The summed E-state index contributed by atoms with van der Waals surface area (Å²) < 4.78 is 1.09. The first-order valence-corrected chi connectivity index (χ1v) is 8.36. The molecule has 0 fully saturated rings. The largest absolute Gasteiger partial charge is 0.355 e. The van der Waals surface area contributed by atoms with E-state index < -0.39 is 0 Å². The maximum absolute atomic E-state index is 11.5. The zero-order valence-electron chi connectivity index (χ0n) is 11.7. The summed E-state index contributed by atoms with van der Waals surface area (Å²) in [5.74, 6) is 1.12. The average molecular weight is 382 g/mol. The Labute approximate surface area is 140 Å². The molecular weight excluding hydrogens is 360 g/mol. The molecule has 1 aromatic carbocycles. The molecule has 2 N–H and O–H groups in total. The second kappa shape index (κ2) is 12.5. The van der Waals surface area contributed by atoms with Gasteiger partial charge in [-0.05, 0) is 43.0 Å². The number of amides is 1. The molecule has 6 heteroatoms. The smallest absolute Gasteiger partial charge is 0.220 e. The zero-order valence-corrected chi connectivity index (χ0v) is 14.9. The first kappa shape index (κ1) is 19.8. The number of likely N-dealkylation sites (N-methyl/N-ethyl adjacent to an activating group) is 1. The Morgan fingerprint density at radius 3 is 2.60 bits per heavy atom. The lowest BCUT2D eigenvalue weighted by molar-refractivity contribution is -0.121. The molecule has 1 rings (SSSR count). The van der Waals surface area contributed by atoms with Gasteiger partial charge in [0.15, 0.2) is 0 Å². The van der Waals surface area contributed by atoms with Crippen LogP contribution in [0.5, 0.6) is 0 Å². The van der Waals surface area contributed by atoms with Crippen molar-refractivity contribution in [2.45, 2.75) is 24.7 Å². The van der Waals surface area contributed by atoms with Crippen LogP contribution >= 0.6 is 40.1 Å². The maximum atomic E-state index is 11.5. The first-order valence-electron chi connectivity index (χ1n) is 6.58. The number of hydrogen-bond acceptors (Lipinski definition) is 3. The molecule has 20 heavy (non-hydrogen) atoms. The lowest BCUT2D eigenvalue weighted by Gasteiger charge is -2.05. The van der Waals surface area contributed by atoms with Crippen molar-refractivity contribution in [2.24, 2.45) is 0 Å². The van der Waals surface area contributed by atoms with Gasteiger partial charge in [0.05, 0.1) is 0 Å². The third-order valence-corrected chi connectivity index (χ3v) is 4.13. The van der Waals surface area contributed by atoms with Gasteiger partial charge in [0.25, 0.3) is 0 Å². The van der Waals surface area contributed by atoms with Crippen LogP contribution < -0.4 is 10.6 Å². The standard InChI is InChI=1S/C14H21BrN2OS.ClH/c1-2-16-9-10-17-14(18)4-3-11-19-13-7-5-12(15)6-8-13;/h5-8,16H,2-4,9-11H2,1H3,(H,17,18);1H. The predicted octanol–water partition coefficient (Wildman–Crippen LogP) is 3.47. The molecule has 0 aliphatic carbocycles. The summed E-state index contributed by atoms with van der Waals surface area (Å²) >= 11 is 5.20. The van der Waals surface area contributed by atoms with E-state index in [-0.39, 0.29) is 18.3 Å². The highest BCUT2D eigenvalue weighted by molar-refractivity contribution is 9.10. The molecule has 0 unspecified atom stereocenters. The van der Waals surface area contributed by atoms with Gasteiger partial charge in [-0.15, -0.1) is 24.2 Å². The van der Waals surface area contributed by atoms with E-state index in [9.17, 15) is 4.79 Å². The number of rotatable bonds is 9. The molecule has 0 aliphatic heterocycles. The van der Waals surface area contributed by atoms with Gasteiger partial charge >= 0.3 is 0 Å². The Bertz CT molecular complexity index is 376. The van der Waals surface area contributed by atoms with Crippen molar-refractivity contribution < 1.29 is 4.79 Å². The van der Waals surface area contributed by atoms with Crippen LogP contribution in [0.25, 0.3) is 0 Å². The quantitative estimate of drug-likeness (QED) is 0.508. The first-order chi connectivity index (χ1) is 9.22. The number of thioether (sulfide) groups is 1. The number of hydrogen-bond donors (Lipinski definition) is 2. The van der Waals surface area contributed by atoms with Gasteiger partial charge in [0, 0.05) is 28.9 Å². The summed E-state index contributed by atoms with van der Waals surface area (Å²) in [4.78, 5) is 12.8. The van der Waals surface area contributed by atoms with E-state index >= 15 is 0 Å². The summed E-state index contributed by atoms with van der Waals surface area (Å²) in [6.07, 6.45) is 1.52. The minimum absolute atomic E-state index is 0. The van der Waals surface area contributed by atoms with E-state index in [4.69, 9.17) is 0 Å². The molecule has 0 saturated heterocycles. The Morgan fingerprint density at radius 2 is 1.95 bits per heavy atom. The minimum atomic E-state index is 0. The molecule has 0 aromatic heterocycles. The molecule has 3 nitrogen and oxygen atoms in total. The topological polar surface area (TPSA) is 41.1 Å². The van der Waals surface area contributed by atoms with E-state index in [0.717, 1.165) is 29.7 Å². The molecule has 0 saturated carbocycles. The SMILES string of the molecule is CCNCCNC(=O)CCCSc1ccc(Br)cc1.Cl. The molecule has 0 bridgehead atoms. The third kappa shape index (κ3) is 9.64. The average Bonchev–Trinajstić information content (AvgIpc) is 2.42. The van der Waals surface area contributed by atoms with Crippen LogP contribution in [0, 0.1) is 0 Å². The van der Waals surface area contributed by atoms with Crippen molar-refractivity contribution in [3.8, 4) is 0 Å². The number of benzene rings is 1. The minimum Gasteiger partial charge on any atom is -0.355 e. The lowest BCUT2D eigenvalue weighted by atomic mass is 10.3. The van der Waals surface area contributed by atoms with Gasteiger partial charge < -0.3 is 10.6 Å². The van der Waals surface area contributed by atoms with Gasteiger partial charge in [-0.3, -0.25) is 4.79 Å². The van der Waals surface area contributed by atoms with Crippen LogP contribution in [0.3, 0.4) is 0 Å². The molecule has 0 atom stereocenters.